The molecule has 0 fully saturated rings. The van der Waals surface area contributed by atoms with Gasteiger partial charge in [-0.1, -0.05) is 19.1 Å². The largest absolute Gasteiger partial charge is 0.333 e. The van der Waals surface area contributed by atoms with Crippen molar-refractivity contribution in [2.24, 2.45) is 17.4 Å². The first-order chi connectivity index (χ1) is 4.80. The number of hydrogen-bond acceptors (Lipinski definition) is 2. The summed E-state index contributed by atoms with van der Waals surface area (Å²) in [5.41, 5.74) is 10.2. The zero-order chi connectivity index (χ0) is 7.98. The van der Waals surface area contributed by atoms with Crippen LogP contribution in [0.3, 0.4) is 0 Å². The van der Waals surface area contributed by atoms with Gasteiger partial charge in [0.1, 0.15) is 0 Å². The van der Waals surface area contributed by atoms with Crippen molar-refractivity contribution < 1.29 is 0 Å². The molecular weight excluding hydrogens is 124 g/mol. The van der Waals surface area contributed by atoms with Crippen molar-refractivity contribution in [2.45, 2.75) is 25.8 Å². The van der Waals surface area contributed by atoms with Gasteiger partial charge >= 0.3 is 0 Å². The van der Waals surface area contributed by atoms with Crippen LogP contribution in [0.2, 0.25) is 0 Å². The maximum Gasteiger partial charge on any atom is 0.0102 e. The van der Waals surface area contributed by atoms with E-state index in [4.69, 9.17) is 5.73 Å². The molecule has 4 N–H and O–H groups in total. The summed E-state index contributed by atoms with van der Waals surface area (Å²) in [5.74, 6) is 0.694. The normalized spacial score (nSPS) is 30.8. The average Bonchev–Trinajstić information content (AvgIpc) is 2.00. The Morgan fingerprint density at radius 3 is 2.00 bits per heavy atom. The fourth-order valence-electron chi connectivity index (χ4n) is 0.971. The molecule has 2 nitrogen and oxygen atoms in total. The number of allylic oxidation sites excluding steroid dienone is 1. The number of nitrogens with two attached hydrogens (primary N) is 2. The second-order valence-corrected chi connectivity index (χ2v) is 2.58. The van der Waals surface area contributed by atoms with E-state index in [1.54, 1.807) is 0 Å². The van der Waals surface area contributed by atoms with Crippen molar-refractivity contribution in [3.63, 3.8) is 0 Å². The Hall–Kier alpha value is -0.340. The summed E-state index contributed by atoms with van der Waals surface area (Å²) in [7, 11) is 1.50. The van der Waals surface area contributed by atoms with Crippen LogP contribution in [-0.2, 0) is 0 Å². The number of hydrogen-bond donors (Lipinski definition) is 2. The van der Waals surface area contributed by atoms with Crippen LogP contribution in [0.15, 0.2) is 12.2 Å². The van der Waals surface area contributed by atoms with E-state index in [0.717, 1.165) is 6.42 Å². The Morgan fingerprint density at radius 1 is 1.20 bits per heavy atom. The molecule has 1 aliphatic carbocycles. The third-order valence-electron chi connectivity index (χ3n) is 1.81. The molecule has 60 valence electrons. The molecule has 1 aliphatic rings. The highest BCUT2D eigenvalue weighted by Crippen LogP contribution is 2.15. The van der Waals surface area contributed by atoms with Crippen LogP contribution in [0.25, 0.3) is 0 Å². The van der Waals surface area contributed by atoms with Crippen LogP contribution in [0.1, 0.15) is 19.8 Å². The topological polar surface area (TPSA) is 52.0 Å². The standard InChI is InChI=1S/C7H13N.CH5N/c1-6-4-2-3-5-7(6)8;1-2/h2-3,6-7H,4-5,8H2,1H3;2H2,1H3/t6?,7-;/m1./s1. The summed E-state index contributed by atoms with van der Waals surface area (Å²) in [6, 6.07) is 0.417. The highest BCUT2D eigenvalue weighted by molar-refractivity contribution is 4.94. The summed E-state index contributed by atoms with van der Waals surface area (Å²) in [5, 5.41) is 0. The van der Waals surface area contributed by atoms with Gasteiger partial charge in [0, 0.05) is 6.04 Å². The lowest BCUT2D eigenvalue weighted by Crippen LogP contribution is -2.28. The Labute approximate surface area is 63.3 Å². The van der Waals surface area contributed by atoms with E-state index in [0.29, 0.717) is 12.0 Å². The molecule has 0 saturated heterocycles. The first-order valence-electron chi connectivity index (χ1n) is 3.79. The minimum absolute atomic E-state index is 0.417. The maximum atomic E-state index is 5.73. The molecule has 0 saturated carbocycles. The van der Waals surface area contributed by atoms with Gasteiger partial charge < -0.3 is 11.5 Å². The molecule has 0 aromatic rings. The van der Waals surface area contributed by atoms with Crippen molar-refractivity contribution >= 4 is 0 Å². The summed E-state index contributed by atoms with van der Waals surface area (Å²) in [4.78, 5) is 0. The van der Waals surface area contributed by atoms with Crippen molar-refractivity contribution in [2.75, 3.05) is 7.05 Å². The van der Waals surface area contributed by atoms with Crippen molar-refractivity contribution in [1.29, 1.82) is 0 Å². The number of rotatable bonds is 0. The quantitative estimate of drug-likeness (QED) is 0.493. The molecule has 0 bridgehead atoms. The minimum atomic E-state index is 0.417. The molecule has 2 atom stereocenters. The predicted molar refractivity (Wildman–Crippen MR) is 45.6 cm³/mol. The monoisotopic (exact) mass is 142 g/mol. The molecule has 2 heteroatoms. The third-order valence-corrected chi connectivity index (χ3v) is 1.81. The van der Waals surface area contributed by atoms with Crippen LogP contribution in [0.4, 0.5) is 0 Å². The lowest BCUT2D eigenvalue weighted by atomic mass is 9.92. The van der Waals surface area contributed by atoms with E-state index >= 15 is 0 Å². The Kier molecular flexibility index (Phi) is 5.26. The first kappa shape index (κ1) is 9.66. The Bertz CT molecular complexity index is 87.4. The van der Waals surface area contributed by atoms with E-state index in [1.165, 1.54) is 13.5 Å². The molecule has 0 amide bonds. The minimum Gasteiger partial charge on any atom is -0.333 e. The summed E-state index contributed by atoms with van der Waals surface area (Å²) < 4.78 is 0. The van der Waals surface area contributed by atoms with E-state index in [1.807, 2.05) is 0 Å². The van der Waals surface area contributed by atoms with Crippen molar-refractivity contribution in [3.8, 4) is 0 Å². The second-order valence-electron chi connectivity index (χ2n) is 2.58. The molecular formula is C8H18N2. The van der Waals surface area contributed by atoms with Gasteiger partial charge in [0.15, 0.2) is 0 Å². The van der Waals surface area contributed by atoms with E-state index in [9.17, 15) is 0 Å². The van der Waals surface area contributed by atoms with Crippen LogP contribution < -0.4 is 11.5 Å². The molecule has 0 heterocycles. The van der Waals surface area contributed by atoms with Crippen LogP contribution in [-0.4, -0.2) is 13.1 Å². The Balaban J connectivity index is 0.000000371. The van der Waals surface area contributed by atoms with E-state index < -0.39 is 0 Å². The van der Waals surface area contributed by atoms with Gasteiger partial charge in [-0.3, -0.25) is 0 Å². The zero-order valence-corrected chi connectivity index (χ0v) is 6.88. The molecule has 10 heavy (non-hydrogen) atoms. The summed E-state index contributed by atoms with van der Waals surface area (Å²) in [6.07, 6.45) is 6.63. The van der Waals surface area contributed by atoms with Gasteiger partial charge in [0.05, 0.1) is 0 Å². The molecule has 0 aliphatic heterocycles. The lowest BCUT2D eigenvalue weighted by Gasteiger charge is -2.19. The van der Waals surface area contributed by atoms with Gasteiger partial charge in [-0.25, -0.2) is 0 Å². The van der Waals surface area contributed by atoms with E-state index in [-0.39, 0.29) is 0 Å². The average molecular weight is 142 g/mol. The zero-order valence-electron chi connectivity index (χ0n) is 6.88. The van der Waals surface area contributed by atoms with Crippen LogP contribution >= 0.6 is 0 Å². The molecule has 1 unspecified atom stereocenters. The summed E-state index contributed by atoms with van der Waals surface area (Å²) in [6.45, 7) is 2.20. The van der Waals surface area contributed by atoms with Gasteiger partial charge in [-0.05, 0) is 25.8 Å². The molecule has 0 radical (unpaired) electrons. The second kappa shape index (κ2) is 5.45. The molecule has 0 aromatic heterocycles. The van der Waals surface area contributed by atoms with Gasteiger partial charge in [0.2, 0.25) is 0 Å². The molecule has 1 rings (SSSR count). The maximum absolute atomic E-state index is 5.73. The SMILES string of the molecule is CC1CC=CC[C@H]1N.CN. The van der Waals surface area contributed by atoms with Gasteiger partial charge in [0.25, 0.3) is 0 Å². The Morgan fingerprint density at radius 2 is 1.70 bits per heavy atom. The van der Waals surface area contributed by atoms with Crippen molar-refractivity contribution in [3.05, 3.63) is 12.2 Å². The fourth-order valence-corrected chi connectivity index (χ4v) is 0.971. The first-order valence-corrected chi connectivity index (χ1v) is 3.79. The fraction of sp³-hybridized carbons (Fsp3) is 0.750. The van der Waals surface area contributed by atoms with Crippen LogP contribution in [0.5, 0.6) is 0 Å². The smallest absolute Gasteiger partial charge is 0.0102 e. The van der Waals surface area contributed by atoms with Crippen LogP contribution in [0, 0.1) is 5.92 Å². The molecule has 0 spiro atoms. The molecule has 0 aromatic carbocycles. The predicted octanol–water partition coefficient (Wildman–Crippen LogP) is 0.875. The highest BCUT2D eigenvalue weighted by atomic mass is 14.6. The van der Waals surface area contributed by atoms with E-state index in [2.05, 4.69) is 24.8 Å². The van der Waals surface area contributed by atoms with Crippen molar-refractivity contribution in [1.82, 2.24) is 0 Å². The third kappa shape index (κ3) is 2.99. The summed E-state index contributed by atoms with van der Waals surface area (Å²) >= 11 is 0. The van der Waals surface area contributed by atoms with Gasteiger partial charge in [-0.15, -0.1) is 0 Å². The highest BCUT2D eigenvalue weighted by Gasteiger charge is 2.11. The van der Waals surface area contributed by atoms with Gasteiger partial charge in [-0.2, -0.15) is 0 Å². The lowest BCUT2D eigenvalue weighted by molar-refractivity contribution is 0.446.